The van der Waals surface area contributed by atoms with Crippen molar-refractivity contribution in [2.75, 3.05) is 20.8 Å². The van der Waals surface area contributed by atoms with E-state index in [1.165, 1.54) is 0 Å². The summed E-state index contributed by atoms with van der Waals surface area (Å²) >= 11 is 0. The Kier molecular flexibility index (Phi) is 7.53. The van der Waals surface area contributed by atoms with Crippen LogP contribution in [0, 0.1) is 13.8 Å². The van der Waals surface area contributed by atoms with Gasteiger partial charge in [-0.1, -0.05) is 19.1 Å². The number of ether oxygens (including phenoxy) is 3. The van der Waals surface area contributed by atoms with E-state index in [0.29, 0.717) is 30.9 Å². The Morgan fingerprint density at radius 2 is 1.67 bits per heavy atom. The second kappa shape index (κ2) is 9.86. The summed E-state index contributed by atoms with van der Waals surface area (Å²) in [6.07, 6.45) is 0.804. The molecular weight excluding hydrogens is 342 g/mol. The summed E-state index contributed by atoms with van der Waals surface area (Å²) in [7, 11) is 3.22. The lowest BCUT2D eigenvalue weighted by atomic mass is 10.1. The Hall–Kier alpha value is -2.69. The first-order valence-corrected chi connectivity index (χ1v) is 9.20. The summed E-state index contributed by atoms with van der Waals surface area (Å²) < 4.78 is 16.5. The van der Waals surface area contributed by atoms with Crippen LogP contribution in [0.3, 0.4) is 0 Å². The Morgan fingerprint density at radius 1 is 1.00 bits per heavy atom. The van der Waals surface area contributed by atoms with E-state index in [4.69, 9.17) is 14.2 Å². The zero-order chi connectivity index (χ0) is 19.8. The molecule has 0 fully saturated rings. The van der Waals surface area contributed by atoms with Gasteiger partial charge < -0.3 is 19.5 Å². The van der Waals surface area contributed by atoms with Crippen molar-refractivity contribution in [1.29, 1.82) is 0 Å². The van der Waals surface area contributed by atoms with Crippen LogP contribution in [0.4, 0.5) is 0 Å². The van der Waals surface area contributed by atoms with E-state index < -0.39 is 6.10 Å². The van der Waals surface area contributed by atoms with Crippen LogP contribution in [0.2, 0.25) is 0 Å². The highest BCUT2D eigenvalue weighted by atomic mass is 16.5. The molecule has 1 amide bonds. The SMILES string of the molecule is CCC(Oc1cc(C)cc(C)c1)C(=O)NCCc1ccc(OC)c(OC)c1. The summed E-state index contributed by atoms with van der Waals surface area (Å²) in [6.45, 7) is 6.51. The average Bonchev–Trinajstić information content (AvgIpc) is 2.65. The van der Waals surface area contributed by atoms with Gasteiger partial charge in [0.15, 0.2) is 17.6 Å². The van der Waals surface area contributed by atoms with Gasteiger partial charge in [-0.3, -0.25) is 4.79 Å². The molecule has 0 spiro atoms. The Bertz CT molecular complexity index is 753. The van der Waals surface area contributed by atoms with Crippen LogP contribution in [0.15, 0.2) is 36.4 Å². The highest BCUT2D eigenvalue weighted by Gasteiger charge is 2.18. The zero-order valence-electron chi connectivity index (χ0n) is 16.8. The highest BCUT2D eigenvalue weighted by Crippen LogP contribution is 2.27. The summed E-state index contributed by atoms with van der Waals surface area (Å²) in [6, 6.07) is 11.7. The molecule has 27 heavy (non-hydrogen) atoms. The van der Waals surface area contributed by atoms with Crippen molar-refractivity contribution in [2.45, 2.75) is 39.7 Å². The summed E-state index contributed by atoms with van der Waals surface area (Å²) in [5.41, 5.74) is 3.30. The number of carbonyl (C=O) groups is 1. The quantitative estimate of drug-likeness (QED) is 0.728. The van der Waals surface area contributed by atoms with Gasteiger partial charge >= 0.3 is 0 Å². The molecule has 0 radical (unpaired) electrons. The van der Waals surface area contributed by atoms with Crippen LogP contribution >= 0.6 is 0 Å². The van der Waals surface area contributed by atoms with Gasteiger partial charge in [0, 0.05) is 6.54 Å². The molecule has 0 bridgehead atoms. The van der Waals surface area contributed by atoms with E-state index in [-0.39, 0.29) is 5.91 Å². The van der Waals surface area contributed by atoms with Gasteiger partial charge in [-0.2, -0.15) is 0 Å². The molecule has 5 heteroatoms. The van der Waals surface area contributed by atoms with Gasteiger partial charge in [-0.15, -0.1) is 0 Å². The van der Waals surface area contributed by atoms with Crippen molar-refractivity contribution in [2.24, 2.45) is 0 Å². The zero-order valence-corrected chi connectivity index (χ0v) is 16.8. The van der Waals surface area contributed by atoms with Gasteiger partial charge in [0.25, 0.3) is 5.91 Å². The van der Waals surface area contributed by atoms with E-state index in [1.807, 2.05) is 51.1 Å². The van der Waals surface area contributed by atoms with Crippen LogP contribution in [0.5, 0.6) is 17.2 Å². The largest absolute Gasteiger partial charge is 0.493 e. The molecule has 1 unspecified atom stereocenters. The van der Waals surface area contributed by atoms with Crippen molar-refractivity contribution >= 4 is 5.91 Å². The van der Waals surface area contributed by atoms with Crippen molar-refractivity contribution in [3.63, 3.8) is 0 Å². The molecule has 1 atom stereocenters. The smallest absolute Gasteiger partial charge is 0.261 e. The molecule has 0 aliphatic heterocycles. The number of rotatable bonds is 9. The van der Waals surface area contributed by atoms with Gasteiger partial charge in [0.2, 0.25) is 0 Å². The second-order valence-corrected chi connectivity index (χ2v) is 6.57. The molecule has 5 nitrogen and oxygen atoms in total. The maximum absolute atomic E-state index is 12.5. The lowest BCUT2D eigenvalue weighted by Crippen LogP contribution is -2.38. The highest BCUT2D eigenvalue weighted by molar-refractivity contribution is 5.81. The van der Waals surface area contributed by atoms with Gasteiger partial charge in [-0.25, -0.2) is 0 Å². The van der Waals surface area contributed by atoms with E-state index in [1.54, 1.807) is 14.2 Å². The first-order chi connectivity index (χ1) is 13.0. The number of hydrogen-bond donors (Lipinski definition) is 1. The van der Waals surface area contributed by atoms with Crippen LogP contribution in [-0.4, -0.2) is 32.8 Å². The van der Waals surface area contributed by atoms with Crippen molar-refractivity contribution in [3.05, 3.63) is 53.1 Å². The summed E-state index contributed by atoms with van der Waals surface area (Å²) in [5.74, 6) is 2.01. The molecular formula is C22H29NO4. The van der Waals surface area contributed by atoms with E-state index >= 15 is 0 Å². The molecule has 0 heterocycles. The molecule has 0 aliphatic carbocycles. The average molecular weight is 371 g/mol. The van der Waals surface area contributed by atoms with Gasteiger partial charge in [0.05, 0.1) is 14.2 Å². The number of aryl methyl sites for hydroxylation is 2. The number of nitrogens with one attached hydrogen (secondary N) is 1. The Labute approximate surface area is 161 Å². The lowest BCUT2D eigenvalue weighted by molar-refractivity contribution is -0.128. The monoisotopic (exact) mass is 371 g/mol. The summed E-state index contributed by atoms with van der Waals surface area (Å²) in [5, 5.41) is 2.96. The molecule has 2 rings (SSSR count). The lowest BCUT2D eigenvalue weighted by Gasteiger charge is -2.18. The first-order valence-electron chi connectivity index (χ1n) is 9.20. The second-order valence-electron chi connectivity index (χ2n) is 6.57. The predicted octanol–water partition coefficient (Wildman–Crippen LogP) is 3.84. The van der Waals surface area contributed by atoms with Crippen LogP contribution in [0.25, 0.3) is 0 Å². The fourth-order valence-corrected chi connectivity index (χ4v) is 2.97. The topological polar surface area (TPSA) is 56.8 Å². The summed E-state index contributed by atoms with van der Waals surface area (Å²) in [4.78, 5) is 12.5. The molecule has 0 aliphatic rings. The fraction of sp³-hybridized carbons (Fsp3) is 0.409. The minimum absolute atomic E-state index is 0.0999. The van der Waals surface area contributed by atoms with Crippen LogP contribution < -0.4 is 19.5 Å². The molecule has 2 aromatic carbocycles. The number of amides is 1. The molecule has 146 valence electrons. The van der Waals surface area contributed by atoms with Crippen LogP contribution in [-0.2, 0) is 11.2 Å². The third-order valence-electron chi connectivity index (χ3n) is 4.30. The number of carbonyl (C=O) groups excluding carboxylic acids is 1. The molecule has 0 aromatic heterocycles. The van der Waals surface area contributed by atoms with E-state index in [2.05, 4.69) is 11.4 Å². The number of hydrogen-bond acceptors (Lipinski definition) is 4. The minimum Gasteiger partial charge on any atom is -0.493 e. The van der Waals surface area contributed by atoms with Gasteiger partial charge in [-0.05, 0) is 67.6 Å². The molecule has 2 aromatic rings. The number of methoxy groups -OCH3 is 2. The maximum atomic E-state index is 12.5. The normalized spacial score (nSPS) is 11.6. The van der Waals surface area contributed by atoms with Crippen LogP contribution in [0.1, 0.15) is 30.0 Å². The van der Waals surface area contributed by atoms with E-state index in [9.17, 15) is 4.79 Å². The standard InChI is InChI=1S/C22H29NO4/c1-6-19(27-18-12-15(2)11-16(3)13-18)22(24)23-10-9-17-7-8-20(25-4)21(14-17)26-5/h7-8,11-14,19H,6,9-10H2,1-5H3,(H,23,24). The van der Waals surface area contributed by atoms with Crippen molar-refractivity contribution < 1.29 is 19.0 Å². The maximum Gasteiger partial charge on any atom is 0.261 e. The minimum atomic E-state index is -0.503. The fourth-order valence-electron chi connectivity index (χ4n) is 2.97. The third-order valence-corrected chi connectivity index (χ3v) is 4.30. The number of benzene rings is 2. The Morgan fingerprint density at radius 3 is 2.26 bits per heavy atom. The molecule has 1 N–H and O–H groups in total. The predicted molar refractivity (Wildman–Crippen MR) is 107 cm³/mol. The molecule has 0 saturated carbocycles. The van der Waals surface area contributed by atoms with Crippen molar-refractivity contribution in [1.82, 2.24) is 5.32 Å². The van der Waals surface area contributed by atoms with Gasteiger partial charge in [0.1, 0.15) is 5.75 Å². The van der Waals surface area contributed by atoms with E-state index in [0.717, 1.165) is 22.4 Å². The third kappa shape index (κ3) is 5.91. The first kappa shape index (κ1) is 20.6. The Balaban J connectivity index is 1.91. The molecule has 0 saturated heterocycles. The van der Waals surface area contributed by atoms with Crippen molar-refractivity contribution in [3.8, 4) is 17.2 Å².